The highest BCUT2D eigenvalue weighted by Gasteiger charge is 2.20. The maximum Gasteiger partial charge on any atom is 0.254 e. The van der Waals surface area contributed by atoms with E-state index in [4.69, 9.17) is 4.74 Å². The molecule has 4 rings (SSSR count). The number of amides is 1. The van der Waals surface area contributed by atoms with Gasteiger partial charge >= 0.3 is 0 Å². The van der Waals surface area contributed by atoms with Crippen molar-refractivity contribution in [3.8, 4) is 5.75 Å². The van der Waals surface area contributed by atoms with Crippen molar-refractivity contribution in [2.75, 3.05) is 6.61 Å². The number of halogens is 1. The third-order valence-electron chi connectivity index (χ3n) is 5.16. The van der Waals surface area contributed by atoms with Gasteiger partial charge in [-0.15, -0.1) is 0 Å². The molecule has 0 aliphatic rings. The van der Waals surface area contributed by atoms with Crippen LogP contribution in [0.2, 0.25) is 0 Å². The van der Waals surface area contributed by atoms with Crippen LogP contribution in [0.1, 0.15) is 35.7 Å². The molecular formula is C24H23FN4O4S. The number of hydrogen-bond donors (Lipinski definition) is 1. The first-order valence-corrected chi connectivity index (χ1v) is 12.2. The average molecular weight is 483 g/mol. The van der Waals surface area contributed by atoms with Crippen LogP contribution in [0.15, 0.2) is 77.0 Å². The Labute approximate surface area is 196 Å². The van der Waals surface area contributed by atoms with Crippen LogP contribution in [-0.2, 0) is 16.4 Å². The third kappa shape index (κ3) is 5.07. The highest BCUT2D eigenvalue weighted by atomic mass is 32.2. The summed E-state index contributed by atoms with van der Waals surface area (Å²) >= 11 is 0. The van der Waals surface area contributed by atoms with E-state index in [1.54, 1.807) is 35.1 Å². The highest BCUT2D eigenvalue weighted by molar-refractivity contribution is 7.91. The average Bonchev–Trinajstić information content (AvgIpc) is 3.32. The Balaban J connectivity index is 1.42. The number of aromatic nitrogens is 3. The minimum Gasteiger partial charge on any atom is -0.491 e. The lowest BCUT2D eigenvalue weighted by Crippen LogP contribution is -2.23. The Morgan fingerprint density at radius 3 is 2.62 bits per heavy atom. The van der Waals surface area contributed by atoms with Crippen molar-refractivity contribution < 1.29 is 22.3 Å². The summed E-state index contributed by atoms with van der Waals surface area (Å²) in [5.41, 5.74) is 1.07. The minimum atomic E-state index is -3.91. The van der Waals surface area contributed by atoms with E-state index in [9.17, 15) is 17.6 Å². The molecule has 2 aromatic heterocycles. The summed E-state index contributed by atoms with van der Waals surface area (Å²) in [6, 6.07) is 9.69. The van der Waals surface area contributed by atoms with Crippen molar-refractivity contribution >= 4 is 21.5 Å². The van der Waals surface area contributed by atoms with Gasteiger partial charge in [-0.3, -0.25) is 9.20 Å². The molecule has 1 N–H and O–H groups in total. The van der Waals surface area contributed by atoms with Crippen molar-refractivity contribution in [1.29, 1.82) is 0 Å². The molecule has 2 heterocycles. The molecule has 176 valence electrons. The lowest BCUT2D eigenvalue weighted by molar-refractivity contribution is 0.0950. The standard InChI is InChI=1S/C24H23FN4O4S/c1-2-3-12-33-22-9-8-20(13-21(22)25)34(31,32)19-6-4-17(5-7-19)14-27-23(30)18-15-28-24-26-10-11-29(24)16-18/h4-11,13,15-16H,2-3,12,14H2,1H3,(H,27,30). The molecule has 0 spiro atoms. The van der Waals surface area contributed by atoms with Crippen molar-refractivity contribution in [3.63, 3.8) is 0 Å². The van der Waals surface area contributed by atoms with Crippen LogP contribution in [0.3, 0.4) is 0 Å². The molecule has 8 nitrogen and oxygen atoms in total. The zero-order valence-electron chi connectivity index (χ0n) is 18.4. The van der Waals surface area contributed by atoms with Crippen LogP contribution in [0.4, 0.5) is 4.39 Å². The number of ether oxygens (including phenoxy) is 1. The summed E-state index contributed by atoms with van der Waals surface area (Å²) in [6.45, 7) is 2.56. The second kappa shape index (κ2) is 10.0. The Bertz CT molecular complexity index is 1420. The Morgan fingerprint density at radius 1 is 1.12 bits per heavy atom. The predicted molar refractivity (Wildman–Crippen MR) is 123 cm³/mol. The molecule has 0 aliphatic carbocycles. The second-order valence-corrected chi connectivity index (χ2v) is 9.55. The van der Waals surface area contributed by atoms with E-state index >= 15 is 0 Å². The molecule has 0 aliphatic heterocycles. The van der Waals surface area contributed by atoms with E-state index < -0.39 is 15.7 Å². The smallest absolute Gasteiger partial charge is 0.254 e. The molecule has 0 saturated carbocycles. The van der Waals surface area contributed by atoms with Gasteiger partial charge in [-0.05, 0) is 42.3 Å². The molecular weight excluding hydrogens is 459 g/mol. The number of benzene rings is 2. The molecule has 10 heteroatoms. The van der Waals surface area contributed by atoms with E-state index in [-0.39, 0.29) is 28.0 Å². The van der Waals surface area contributed by atoms with Crippen LogP contribution >= 0.6 is 0 Å². The zero-order valence-corrected chi connectivity index (χ0v) is 19.3. The molecule has 0 atom stereocenters. The number of unbranched alkanes of at least 4 members (excludes halogenated alkanes) is 1. The molecule has 4 aromatic rings. The number of imidazole rings is 1. The van der Waals surface area contributed by atoms with Crippen LogP contribution in [0.25, 0.3) is 5.78 Å². The SMILES string of the molecule is CCCCOc1ccc(S(=O)(=O)c2ccc(CNC(=O)c3cnc4nccn4c3)cc2)cc1F. The first-order valence-electron chi connectivity index (χ1n) is 10.7. The third-order valence-corrected chi connectivity index (χ3v) is 6.93. The second-order valence-electron chi connectivity index (χ2n) is 7.60. The van der Waals surface area contributed by atoms with E-state index in [0.717, 1.165) is 18.9 Å². The maximum absolute atomic E-state index is 14.3. The summed E-state index contributed by atoms with van der Waals surface area (Å²) in [7, 11) is -3.91. The first-order chi connectivity index (χ1) is 16.4. The molecule has 0 radical (unpaired) electrons. The first kappa shape index (κ1) is 23.4. The number of hydrogen-bond acceptors (Lipinski definition) is 6. The van der Waals surface area contributed by atoms with Gasteiger partial charge in [0.2, 0.25) is 15.6 Å². The molecule has 2 aromatic carbocycles. The number of nitrogens with one attached hydrogen (secondary N) is 1. The van der Waals surface area contributed by atoms with Gasteiger partial charge < -0.3 is 10.1 Å². The summed E-state index contributed by atoms with van der Waals surface area (Å²) in [5.74, 6) is -0.524. The van der Waals surface area contributed by atoms with Gasteiger partial charge in [0, 0.05) is 31.3 Å². The predicted octanol–water partition coefficient (Wildman–Crippen LogP) is 3.81. The molecule has 0 bridgehead atoms. The van der Waals surface area contributed by atoms with Crippen molar-refractivity contribution in [2.45, 2.75) is 36.1 Å². The van der Waals surface area contributed by atoms with E-state index in [1.807, 2.05) is 6.92 Å². The molecule has 0 fully saturated rings. The van der Waals surface area contributed by atoms with Crippen LogP contribution in [-0.4, -0.2) is 35.3 Å². The monoisotopic (exact) mass is 482 g/mol. The number of carbonyl (C=O) groups excluding carboxylic acids is 1. The fourth-order valence-corrected chi connectivity index (χ4v) is 4.51. The number of sulfone groups is 1. The summed E-state index contributed by atoms with van der Waals surface area (Å²) in [6.07, 6.45) is 8.03. The van der Waals surface area contributed by atoms with Crippen molar-refractivity contribution in [2.24, 2.45) is 0 Å². The lowest BCUT2D eigenvalue weighted by Gasteiger charge is -2.10. The Hall–Kier alpha value is -3.79. The van der Waals surface area contributed by atoms with Gasteiger partial charge in [-0.25, -0.2) is 22.8 Å². The normalized spacial score (nSPS) is 11.5. The molecule has 0 saturated heterocycles. The van der Waals surface area contributed by atoms with Crippen molar-refractivity contribution in [1.82, 2.24) is 19.7 Å². The number of carbonyl (C=O) groups is 1. The molecule has 1 amide bonds. The Kier molecular flexibility index (Phi) is 6.87. The number of nitrogens with zero attached hydrogens (tertiary/aromatic N) is 3. The van der Waals surface area contributed by atoms with Gasteiger partial charge in [0.05, 0.1) is 22.0 Å². The summed E-state index contributed by atoms with van der Waals surface area (Å²) in [4.78, 5) is 20.4. The molecule has 0 unspecified atom stereocenters. The molecule has 34 heavy (non-hydrogen) atoms. The van der Waals surface area contributed by atoms with E-state index in [0.29, 0.717) is 23.5 Å². The van der Waals surface area contributed by atoms with Gasteiger partial charge in [-0.2, -0.15) is 0 Å². The summed E-state index contributed by atoms with van der Waals surface area (Å²) in [5, 5.41) is 2.77. The summed E-state index contributed by atoms with van der Waals surface area (Å²) < 4.78 is 47.1. The highest BCUT2D eigenvalue weighted by Crippen LogP contribution is 2.26. The van der Waals surface area contributed by atoms with E-state index in [2.05, 4.69) is 15.3 Å². The minimum absolute atomic E-state index is 0.0244. The topological polar surface area (TPSA) is 103 Å². The van der Waals surface area contributed by atoms with Crippen LogP contribution in [0, 0.1) is 5.82 Å². The van der Waals surface area contributed by atoms with Crippen molar-refractivity contribution in [3.05, 3.63) is 84.2 Å². The quantitative estimate of drug-likeness (QED) is 0.364. The Morgan fingerprint density at radius 2 is 1.88 bits per heavy atom. The fourth-order valence-electron chi connectivity index (χ4n) is 3.23. The zero-order chi connectivity index (χ0) is 24.1. The van der Waals surface area contributed by atoms with E-state index in [1.165, 1.54) is 30.5 Å². The largest absolute Gasteiger partial charge is 0.491 e. The lowest BCUT2D eigenvalue weighted by atomic mass is 10.2. The number of fused-ring (bicyclic) bond motifs is 1. The number of rotatable bonds is 9. The maximum atomic E-state index is 14.3. The van der Waals surface area contributed by atoms with Gasteiger partial charge in [-0.1, -0.05) is 25.5 Å². The van der Waals surface area contributed by atoms with Gasteiger partial charge in [0.1, 0.15) is 0 Å². The fraction of sp³-hybridized carbons (Fsp3) is 0.208. The van der Waals surface area contributed by atoms with Crippen LogP contribution < -0.4 is 10.1 Å². The van der Waals surface area contributed by atoms with Crippen LogP contribution in [0.5, 0.6) is 5.75 Å². The van der Waals surface area contributed by atoms with Gasteiger partial charge in [0.25, 0.3) is 5.91 Å². The van der Waals surface area contributed by atoms with Gasteiger partial charge in [0.15, 0.2) is 11.6 Å².